The van der Waals surface area contributed by atoms with Gasteiger partial charge in [-0.2, -0.15) is 0 Å². The van der Waals surface area contributed by atoms with Crippen LogP contribution in [-0.4, -0.2) is 118 Å². The highest BCUT2D eigenvalue weighted by atomic mass is 16.5. The highest BCUT2D eigenvalue weighted by Gasteiger charge is 2.76. The molecule has 5 aliphatic rings. The molecule has 37 heavy (non-hydrogen) atoms. The van der Waals surface area contributed by atoms with Crippen LogP contribution < -0.4 is 5.32 Å². The Morgan fingerprint density at radius 1 is 0.784 bits per heavy atom. The van der Waals surface area contributed by atoms with Crippen LogP contribution >= 0.6 is 0 Å². The number of hydrogen-bond donors (Lipinski definition) is 11. The summed E-state index contributed by atoms with van der Waals surface area (Å²) in [5.41, 5.74) is -6.94. The molecule has 0 amide bonds. The van der Waals surface area contributed by atoms with Crippen molar-refractivity contribution in [1.82, 2.24) is 5.32 Å². The molecule has 5 rings (SSSR count). The summed E-state index contributed by atoms with van der Waals surface area (Å²) in [5, 5.41) is 113. The first-order valence-electron chi connectivity index (χ1n) is 14.0. The van der Waals surface area contributed by atoms with Crippen molar-refractivity contribution >= 4 is 0 Å². The molecule has 1 aliphatic heterocycles. The van der Waals surface area contributed by atoms with Crippen molar-refractivity contribution in [3.8, 4) is 0 Å². The van der Waals surface area contributed by atoms with Crippen molar-refractivity contribution < 1.29 is 51.1 Å². The summed E-state index contributed by atoms with van der Waals surface area (Å²) in [5.74, 6) is -3.28. The molecule has 0 aromatic heterocycles. The second-order valence-electron chi connectivity index (χ2n) is 12.9. The Labute approximate surface area is 216 Å². The zero-order valence-corrected chi connectivity index (χ0v) is 21.2. The first-order chi connectivity index (χ1) is 17.3. The van der Waals surface area contributed by atoms with Gasteiger partial charge in [-0.3, -0.25) is 0 Å². The van der Waals surface area contributed by atoms with Gasteiger partial charge in [0.05, 0.1) is 42.0 Å². The van der Waals surface area contributed by atoms with Gasteiger partial charge in [-0.15, -0.1) is 0 Å². The first-order valence-corrected chi connectivity index (χ1v) is 14.0. The average molecular weight is 532 g/mol. The zero-order chi connectivity index (χ0) is 26.9. The SMILES string of the molecule is OC(O)C1C(O)CC2(O)CC3(O)CC4C(CCC5CCNCC5)CCC(O)C4C(O)C3C(O)C2(O)C1O. The lowest BCUT2D eigenvalue weighted by Crippen LogP contribution is -2.83. The largest absolute Gasteiger partial charge is 0.393 e. The Balaban J connectivity index is 1.44. The van der Waals surface area contributed by atoms with E-state index in [-0.39, 0.29) is 18.3 Å². The van der Waals surface area contributed by atoms with E-state index in [0.29, 0.717) is 12.3 Å². The van der Waals surface area contributed by atoms with E-state index in [9.17, 15) is 51.1 Å². The minimum atomic E-state index is -2.75. The number of nitrogens with one attached hydrogen (secondary N) is 1. The number of hydrogen-bond acceptors (Lipinski definition) is 11. The summed E-state index contributed by atoms with van der Waals surface area (Å²) in [6.45, 7) is 1.98. The van der Waals surface area contributed by atoms with Gasteiger partial charge < -0.3 is 56.4 Å². The summed E-state index contributed by atoms with van der Waals surface area (Å²) in [7, 11) is 0. The molecular weight excluding hydrogens is 486 g/mol. The first kappa shape index (κ1) is 28.1. The maximum Gasteiger partial charge on any atom is 0.159 e. The molecule has 13 atom stereocenters. The minimum absolute atomic E-state index is 0.0844. The van der Waals surface area contributed by atoms with E-state index < -0.39 is 84.2 Å². The van der Waals surface area contributed by atoms with Gasteiger partial charge in [-0.05, 0) is 69.4 Å². The highest BCUT2D eigenvalue weighted by molar-refractivity contribution is 5.26. The third-order valence-corrected chi connectivity index (χ3v) is 11.0. The Morgan fingerprint density at radius 3 is 2.11 bits per heavy atom. The van der Waals surface area contributed by atoms with E-state index in [2.05, 4.69) is 5.32 Å². The van der Waals surface area contributed by atoms with Crippen molar-refractivity contribution in [2.45, 2.75) is 111 Å². The molecule has 13 unspecified atom stereocenters. The lowest BCUT2D eigenvalue weighted by atomic mass is 9.45. The van der Waals surface area contributed by atoms with E-state index in [1.54, 1.807) is 0 Å². The maximum atomic E-state index is 11.9. The van der Waals surface area contributed by atoms with Gasteiger partial charge in [0.2, 0.25) is 0 Å². The van der Waals surface area contributed by atoms with Crippen LogP contribution in [0.2, 0.25) is 0 Å². The fraction of sp³-hybridized carbons (Fsp3) is 1.00. The van der Waals surface area contributed by atoms with Gasteiger partial charge in [0.25, 0.3) is 0 Å². The van der Waals surface area contributed by atoms with Crippen molar-refractivity contribution in [1.29, 1.82) is 0 Å². The molecule has 1 heterocycles. The summed E-state index contributed by atoms with van der Waals surface area (Å²) in [6.07, 6.45) is -6.12. The molecule has 1 saturated heterocycles. The summed E-state index contributed by atoms with van der Waals surface area (Å²) in [6, 6.07) is 0. The Hall–Kier alpha value is -0.440. The van der Waals surface area contributed by atoms with Gasteiger partial charge in [-0.25, -0.2) is 0 Å². The predicted octanol–water partition coefficient (Wildman–Crippen LogP) is -2.84. The van der Waals surface area contributed by atoms with Crippen LogP contribution in [0.15, 0.2) is 0 Å². The van der Waals surface area contributed by atoms with Gasteiger partial charge in [0.15, 0.2) is 6.29 Å². The summed E-state index contributed by atoms with van der Waals surface area (Å²) >= 11 is 0. The molecule has 214 valence electrons. The van der Waals surface area contributed by atoms with Crippen molar-refractivity contribution in [2.24, 2.45) is 35.5 Å². The van der Waals surface area contributed by atoms with Crippen molar-refractivity contribution in [2.75, 3.05) is 13.1 Å². The third kappa shape index (κ3) is 4.30. The van der Waals surface area contributed by atoms with E-state index in [0.717, 1.165) is 45.2 Å². The van der Waals surface area contributed by atoms with E-state index >= 15 is 0 Å². The fourth-order valence-corrected chi connectivity index (χ4v) is 9.16. The fourth-order valence-electron chi connectivity index (χ4n) is 9.16. The van der Waals surface area contributed by atoms with Crippen molar-refractivity contribution in [3.63, 3.8) is 0 Å². The van der Waals surface area contributed by atoms with Gasteiger partial charge >= 0.3 is 0 Å². The molecule has 4 saturated carbocycles. The second kappa shape index (κ2) is 9.88. The topological polar surface area (TPSA) is 214 Å². The zero-order valence-electron chi connectivity index (χ0n) is 21.2. The van der Waals surface area contributed by atoms with Gasteiger partial charge in [0.1, 0.15) is 11.2 Å². The van der Waals surface area contributed by atoms with Crippen LogP contribution in [0.4, 0.5) is 0 Å². The number of piperidine rings is 1. The molecule has 0 aromatic rings. The maximum absolute atomic E-state index is 11.9. The number of rotatable bonds is 4. The van der Waals surface area contributed by atoms with Crippen LogP contribution in [0, 0.1) is 35.5 Å². The smallest absolute Gasteiger partial charge is 0.159 e. The van der Waals surface area contributed by atoms with Crippen LogP contribution in [0.25, 0.3) is 0 Å². The van der Waals surface area contributed by atoms with E-state index in [1.165, 1.54) is 0 Å². The third-order valence-electron chi connectivity index (χ3n) is 11.0. The minimum Gasteiger partial charge on any atom is -0.393 e. The molecule has 0 bridgehead atoms. The molecule has 0 aromatic carbocycles. The lowest BCUT2D eigenvalue weighted by molar-refractivity contribution is -0.372. The molecule has 11 heteroatoms. The molecule has 4 aliphatic carbocycles. The van der Waals surface area contributed by atoms with Crippen LogP contribution in [-0.2, 0) is 0 Å². The summed E-state index contributed by atoms with van der Waals surface area (Å²) < 4.78 is 0. The number of fused-ring (bicyclic) bond motifs is 3. The molecule has 11 nitrogen and oxygen atoms in total. The molecular formula is C26H45NO10. The second-order valence-corrected chi connectivity index (χ2v) is 12.9. The van der Waals surface area contributed by atoms with Gasteiger partial charge in [0, 0.05) is 24.7 Å². The Morgan fingerprint density at radius 2 is 1.46 bits per heavy atom. The summed E-state index contributed by atoms with van der Waals surface area (Å²) in [4.78, 5) is 0. The molecule has 0 spiro atoms. The normalized spacial score (nSPS) is 54.9. The van der Waals surface area contributed by atoms with Crippen molar-refractivity contribution in [3.05, 3.63) is 0 Å². The quantitative estimate of drug-likeness (QED) is 0.166. The molecule has 5 fully saturated rings. The number of aliphatic hydroxyl groups is 10. The average Bonchev–Trinajstić information content (AvgIpc) is 2.81. The van der Waals surface area contributed by atoms with E-state index in [4.69, 9.17) is 0 Å². The van der Waals surface area contributed by atoms with Crippen LogP contribution in [0.3, 0.4) is 0 Å². The highest BCUT2D eigenvalue weighted by Crippen LogP contribution is 2.61. The predicted molar refractivity (Wildman–Crippen MR) is 128 cm³/mol. The monoisotopic (exact) mass is 531 g/mol. The number of aliphatic hydroxyl groups excluding tert-OH is 6. The molecule has 0 radical (unpaired) electrons. The Kier molecular flexibility index (Phi) is 7.51. The van der Waals surface area contributed by atoms with Gasteiger partial charge in [-0.1, -0.05) is 6.42 Å². The standard InChI is InChI=1S/C26H45NO10/c28-15-4-3-13(2-1-12-5-7-27-8-6-12)14-9-24(35)11-25(36)10-16(29)18(23(33)34)21(31)26(25,37)22(32)19(24)20(30)17(14)15/h12-23,27-37H,1-11H2. The Bertz CT molecular complexity index is 827. The molecule has 11 N–H and O–H groups in total. The van der Waals surface area contributed by atoms with E-state index in [1.807, 2.05) is 0 Å². The van der Waals surface area contributed by atoms with Crippen LogP contribution in [0.5, 0.6) is 0 Å². The lowest BCUT2D eigenvalue weighted by Gasteiger charge is -2.67. The van der Waals surface area contributed by atoms with Crippen LogP contribution in [0.1, 0.15) is 57.8 Å².